The van der Waals surface area contributed by atoms with Crippen LogP contribution in [0.5, 0.6) is 0 Å². The second-order valence-corrected chi connectivity index (χ2v) is 4.25. The van der Waals surface area contributed by atoms with Crippen molar-refractivity contribution < 1.29 is 18.0 Å². The molecule has 3 nitrogen and oxygen atoms in total. The van der Waals surface area contributed by atoms with Crippen LogP contribution >= 0.6 is 0 Å². The number of nitrogens with one attached hydrogen (secondary N) is 1. The van der Waals surface area contributed by atoms with Gasteiger partial charge in [-0.05, 0) is 18.8 Å². The van der Waals surface area contributed by atoms with Crippen molar-refractivity contribution >= 4 is 5.91 Å². The third kappa shape index (κ3) is 8.52. The monoisotopic (exact) mass is 240 g/mol. The van der Waals surface area contributed by atoms with E-state index in [4.69, 9.17) is 5.73 Å². The van der Waals surface area contributed by atoms with E-state index in [0.717, 1.165) is 0 Å². The lowest BCUT2D eigenvalue weighted by molar-refractivity contribution is -0.136. The van der Waals surface area contributed by atoms with E-state index in [0.29, 0.717) is 6.42 Å². The molecule has 0 rings (SSSR count). The lowest BCUT2D eigenvalue weighted by Gasteiger charge is -2.14. The Hall–Kier alpha value is -0.780. The maximum absolute atomic E-state index is 11.8. The number of alkyl halides is 3. The molecule has 0 aromatic carbocycles. The van der Waals surface area contributed by atoms with Crippen LogP contribution < -0.4 is 11.1 Å². The summed E-state index contributed by atoms with van der Waals surface area (Å²) in [6.07, 6.45) is -4.62. The standard InChI is InChI=1S/C10H19F3N2O/c1-7(2)6-8(14)9(16)15-5-3-4-10(11,12)13/h7-8H,3-6,14H2,1-2H3,(H,15,16)/t8-/m0/s1. The van der Waals surface area contributed by atoms with E-state index in [1.807, 2.05) is 13.8 Å². The summed E-state index contributed by atoms with van der Waals surface area (Å²) in [7, 11) is 0. The Balaban J connectivity index is 3.65. The number of amides is 1. The minimum Gasteiger partial charge on any atom is -0.355 e. The first kappa shape index (κ1) is 15.2. The quantitative estimate of drug-likeness (QED) is 0.696. The van der Waals surface area contributed by atoms with E-state index < -0.39 is 18.6 Å². The molecule has 0 spiro atoms. The van der Waals surface area contributed by atoms with Crippen molar-refractivity contribution in [2.75, 3.05) is 6.54 Å². The molecule has 1 amide bonds. The molecule has 0 aliphatic rings. The van der Waals surface area contributed by atoms with Gasteiger partial charge in [0.05, 0.1) is 6.04 Å². The maximum Gasteiger partial charge on any atom is 0.389 e. The third-order valence-electron chi connectivity index (χ3n) is 2.00. The maximum atomic E-state index is 11.8. The zero-order valence-corrected chi connectivity index (χ0v) is 9.60. The molecule has 96 valence electrons. The molecular weight excluding hydrogens is 221 g/mol. The van der Waals surface area contributed by atoms with Crippen LogP contribution in [0.3, 0.4) is 0 Å². The molecule has 16 heavy (non-hydrogen) atoms. The van der Waals surface area contributed by atoms with Crippen molar-refractivity contribution in [3.05, 3.63) is 0 Å². The van der Waals surface area contributed by atoms with Crippen LogP contribution in [0.2, 0.25) is 0 Å². The topological polar surface area (TPSA) is 55.1 Å². The molecule has 0 fully saturated rings. The van der Waals surface area contributed by atoms with Crippen LogP contribution in [0.25, 0.3) is 0 Å². The number of carbonyl (C=O) groups excluding carboxylic acids is 1. The molecule has 0 aromatic heterocycles. The number of halogens is 3. The van der Waals surface area contributed by atoms with Gasteiger partial charge in [0, 0.05) is 13.0 Å². The summed E-state index contributed by atoms with van der Waals surface area (Å²) in [5.74, 6) is -0.0909. The number of rotatable bonds is 6. The fourth-order valence-corrected chi connectivity index (χ4v) is 1.25. The Bertz CT molecular complexity index is 217. The lowest BCUT2D eigenvalue weighted by Crippen LogP contribution is -2.41. The average molecular weight is 240 g/mol. The molecule has 0 unspecified atom stereocenters. The van der Waals surface area contributed by atoms with Crippen LogP contribution in [0.1, 0.15) is 33.1 Å². The Kier molecular flexibility index (Phi) is 6.40. The Labute approximate surface area is 93.6 Å². The second kappa shape index (κ2) is 6.73. The predicted octanol–water partition coefficient (Wildman–Crippen LogP) is 1.82. The SMILES string of the molecule is CC(C)C[C@H](N)C(=O)NCCCC(F)(F)F. The highest BCUT2D eigenvalue weighted by molar-refractivity contribution is 5.81. The molecule has 1 atom stereocenters. The Morgan fingerprint density at radius 1 is 1.38 bits per heavy atom. The summed E-state index contributed by atoms with van der Waals surface area (Å²) in [5.41, 5.74) is 5.55. The fourth-order valence-electron chi connectivity index (χ4n) is 1.25. The van der Waals surface area contributed by atoms with Gasteiger partial charge in [-0.2, -0.15) is 13.2 Å². The Morgan fingerprint density at radius 2 is 1.94 bits per heavy atom. The van der Waals surface area contributed by atoms with E-state index in [9.17, 15) is 18.0 Å². The first-order valence-corrected chi connectivity index (χ1v) is 5.32. The van der Waals surface area contributed by atoms with Gasteiger partial charge in [0.15, 0.2) is 0 Å². The molecule has 0 aliphatic carbocycles. The lowest BCUT2D eigenvalue weighted by atomic mass is 10.0. The summed E-state index contributed by atoms with van der Waals surface area (Å²) >= 11 is 0. The van der Waals surface area contributed by atoms with Gasteiger partial charge >= 0.3 is 6.18 Å². The predicted molar refractivity (Wildman–Crippen MR) is 55.7 cm³/mol. The molecule has 3 N–H and O–H groups in total. The highest BCUT2D eigenvalue weighted by Gasteiger charge is 2.26. The normalized spacial score (nSPS) is 13.9. The number of nitrogens with two attached hydrogens (primary N) is 1. The molecule has 0 bridgehead atoms. The van der Waals surface area contributed by atoms with Crippen LogP contribution in [0.15, 0.2) is 0 Å². The zero-order valence-electron chi connectivity index (χ0n) is 9.60. The first-order chi connectivity index (χ1) is 7.22. The fraction of sp³-hybridized carbons (Fsp3) is 0.900. The van der Waals surface area contributed by atoms with Crippen molar-refractivity contribution in [3.63, 3.8) is 0 Å². The highest BCUT2D eigenvalue weighted by Crippen LogP contribution is 2.20. The number of carbonyl (C=O) groups is 1. The van der Waals surface area contributed by atoms with Gasteiger partial charge in [0.25, 0.3) is 0 Å². The van der Waals surface area contributed by atoms with E-state index in [2.05, 4.69) is 5.32 Å². The minimum absolute atomic E-state index is 0.0180. The van der Waals surface area contributed by atoms with Gasteiger partial charge in [-0.25, -0.2) is 0 Å². The van der Waals surface area contributed by atoms with Gasteiger partial charge < -0.3 is 11.1 Å². The largest absolute Gasteiger partial charge is 0.389 e. The van der Waals surface area contributed by atoms with E-state index in [-0.39, 0.29) is 24.8 Å². The van der Waals surface area contributed by atoms with Crippen LogP contribution in [0, 0.1) is 5.92 Å². The summed E-state index contributed by atoms with van der Waals surface area (Å²) in [5, 5.41) is 2.40. The molecule has 0 heterocycles. The second-order valence-electron chi connectivity index (χ2n) is 4.25. The third-order valence-corrected chi connectivity index (χ3v) is 2.00. The summed E-state index contributed by atoms with van der Waals surface area (Å²) in [4.78, 5) is 11.3. The van der Waals surface area contributed by atoms with Gasteiger partial charge in [0.2, 0.25) is 5.91 Å². The summed E-state index contributed by atoms with van der Waals surface area (Å²) in [6, 6.07) is -0.633. The van der Waals surface area contributed by atoms with Crippen LogP contribution in [0.4, 0.5) is 13.2 Å². The molecule has 0 saturated carbocycles. The number of hydrogen-bond donors (Lipinski definition) is 2. The van der Waals surface area contributed by atoms with Gasteiger partial charge in [-0.3, -0.25) is 4.79 Å². The van der Waals surface area contributed by atoms with E-state index >= 15 is 0 Å². The minimum atomic E-state index is -4.16. The van der Waals surface area contributed by atoms with E-state index in [1.165, 1.54) is 0 Å². The molecule has 0 aromatic rings. The van der Waals surface area contributed by atoms with E-state index in [1.54, 1.807) is 0 Å². The van der Waals surface area contributed by atoms with Crippen molar-refractivity contribution in [2.45, 2.75) is 45.3 Å². The average Bonchev–Trinajstić information content (AvgIpc) is 2.09. The zero-order chi connectivity index (χ0) is 12.8. The van der Waals surface area contributed by atoms with Crippen molar-refractivity contribution in [1.82, 2.24) is 5.32 Å². The van der Waals surface area contributed by atoms with Gasteiger partial charge in [0.1, 0.15) is 0 Å². The van der Waals surface area contributed by atoms with Crippen molar-refractivity contribution in [2.24, 2.45) is 11.7 Å². The molecular formula is C10H19F3N2O. The van der Waals surface area contributed by atoms with Gasteiger partial charge in [-0.1, -0.05) is 13.8 Å². The van der Waals surface area contributed by atoms with Crippen molar-refractivity contribution in [1.29, 1.82) is 0 Å². The van der Waals surface area contributed by atoms with Crippen molar-refractivity contribution in [3.8, 4) is 0 Å². The molecule has 0 aliphatic heterocycles. The summed E-state index contributed by atoms with van der Waals surface area (Å²) < 4.78 is 35.3. The molecule has 0 saturated heterocycles. The van der Waals surface area contributed by atoms with Crippen LogP contribution in [-0.4, -0.2) is 24.7 Å². The first-order valence-electron chi connectivity index (χ1n) is 5.32. The van der Waals surface area contributed by atoms with Gasteiger partial charge in [-0.15, -0.1) is 0 Å². The summed E-state index contributed by atoms with van der Waals surface area (Å²) in [6.45, 7) is 3.87. The highest BCUT2D eigenvalue weighted by atomic mass is 19.4. The Morgan fingerprint density at radius 3 is 2.38 bits per heavy atom. The number of hydrogen-bond acceptors (Lipinski definition) is 2. The molecule has 6 heteroatoms. The van der Waals surface area contributed by atoms with Crippen LogP contribution in [-0.2, 0) is 4.79 Å². The molecule has 0 radical (unpaired) electrons. The smallest absolute Gasteiger partial charge is 0.355 e.